The molecule has 7 aromatic rings. The van der Waals surface area contributed by atoms with E-state index in [4.69, 9.17) is 0 Å². The van der Waals surface area contributed by atoms with Crippen LogP contribution in [0.15, 0.2) is 183 Å². The van der Waals surface area contributed by atoms with E-state index in [9.17, 15) is 0 Å². The zero-order valence-corrected chi connectivity index (χ0v) is 29.1. The van der Waals surface area contributed by atoms with Crippen LogP contribution in [0.1, 0.15) is 5.56 Å². The number of hydrogen-bond acceptors (Lipinski definition) is 3. The Hall–Kier alpha value is -4.68. The molecule has 0 spiro atoms. The van der Waals surface area contributed by atoms with E-state index in [-0.39, 0.29) is 6.71 Å². The van der Waals surface area contributed by atoms with E-state index in [1.165, 1.54) is 79.3 Å². The molecule has 0 N–H and O–H groups in total. The first kappa shape index (κ1) is 28.3. The minimum absolute atomic E-state index is 0.246. The summed E-state index contributed by atoms with van der Waals surface area (Å²) in [5.41, 5.74) is 9.39. The summed E-state index contributed by atoms with van der Waals surface area (Å²) in [5, 5.41) is 5.68. The van der Waals surface area contributed by atoms with Crippen molar-refractivity contribution in [2.75, 3.05) is 4.90 Å². The van der Waals surface area contributed by atoms with Crippen molar-refractivity contribution in [1.82, 2.24) is 0 Å². The Balaban J connectivity index is 1.25. The van der Waals surface area contributed by atoms with E-state index in [0.717, 1.165) is 0 Å². The highest BCUT2D eigenvalue weighted by Crippen LogP contribution is 2.45. The van der Waals surface area contributed by atoms with Gasteiger partial charge in [-0.15, -0.1) is 0 Å². The molecular weight excluding hydrogens is 634 g/mol. The predicted molar refractivity (Wildman–Crippen MR) is 209 cm³/mol. The predicted octanol–water partition coefficient (Wildman–Crippen LogP) is 6.60. The molecule has 48 heavy (non-hydrogen) atoms. The number of para-hydroxylation sites is 2. The maximum atomic E-state index is 2.56. The number of anilines is 3. The van der Waals surface area contributed by atoms with Gasteiger partial charge in [-0.3, -0.25) is 0 Å². The summed E-state index contributed by atoms with van der Waals surface area (Å²) in [5.74, 6) is 0. The molecule has 0 saturated heterocycles. The minimum atomic E-state index is -2.65. The molecule has 0 bridgehead atoms. The second-order valence-electron chi connectivity index (χ2n) is 12.9. The molecule has 5 heteroatoms. The van der Waals surface area contributed by atoms with E-state index in [2.05, 4.69) is 176 Å². The summed E-state index contributed by atoms with van der Waals surface area (Å²) in [4.78, 5) is 8.01. The number of aryl methyl sites for hydroxylation is 1. The van der Waals surface area contributed by atoms with Gasteiger partial charge in [-0.2, -0.15) is 0 Å². The van der Waals surface area contributed by atoms with Crippen LogP contribution in [-0.2, 0) is 0 Å². The highest BCUT2D eigenvalue weighted by molar-refractivity contribution is 8.01. The van der Waals surface area contributed by atoms with Gasteiger partial charge in [0, 0.05) is 36.6 Å². The van der Waals surface area contributed by atoms with E-state index in [0.29, 0.717) is 0 Å². The van der Waals surface area contributed by atoms with Crippen molar-refractivity contribution in [2.24, 2.45) is 0 Å². The number of benzene rings is 7. The van der Waals surface area contributed by atoms with Crippen LogP contribution in [0.2, 0.25) is 0 Å². The summed E-state index contributed by atoms with van der Waals surface area (Å²) in [7, 11) is -2.65. The third kappa shape index (κ3) is 4.02. The van der Waals surface area contributed by atoms with Gasteiger partial charge in [0.05, 0.1) is 0 Å². The van der Waals surface area contributed by atoms with Crippen molar-refractivity contribution < 1.29 is 0 Å². The van der Waals surface area contributed by atoms with E-state index in [1.807, 2.05) is 23.5 Å². The Bertz CT molecular complexity index is 2300. The van der Waals surface area contributed by atoms with Crippen molar-refractivity contribution in [1.29, 1.82) is 0 Å². The molecular formula is C43H30BNS2Si. The summed E-state index contributed by atoms with van der Waals surface area (Å²) in [6.07, 6.45) is 0. The fourth-order valence-electron chi connectivity index (χ4n) is 8.36. The summed E-state index contributed by atoms with van der Waals surface area (Å²) >= 11 is 3.87. The third-order valence-electron chi connectivity index (χ3n) is 10.3. The third-order valence-corrected chi connectivity index (χ3v) is 17.4. The molecule has 0 fully saturated rings. The van der Waals surface area contributed by atoms with Gasteiger partial charge in [0.1, 0.15) is 0 Å². The highest BCUT2D eigenvalue weighted by Gasteiger charge is 2.49. The molecule has 3 aliphatic rings. The van der Waals surface area contributed by atoms with Gasteiger partial charge >= 0.3 is 0 Å². The van der Waals surface area contributed by atoms with E-state index >= 15 is 0 Å². The Morgan fingerprint density at radius 1 is 0.479 bits per heavy atom. The van der Waals surface area contributed by atoms with Crippen LogP contribution in [0.25, 0.3) is 0 Å². The molecule has 7 aromatic carbocycles. The fraction of sp³-hybridized carbons (Fsp3) is 0.0233. The average Bonchev–Trinajstić information content (AvgIpc) is 3.14. The Kier molecular flexibility index (Phi) is 6.45. The normalized spacial score (nSPS) is 14.7. The van der Waals surface area contributed by atoms with Gasteiger partial charge in [0.2, 0.25) is 6.71 Å². The molecule has 0 amide bonds. The van der Waals surface area contributed by atoms with Crippen molar-refractivity contribution in [3.63, 3.8) is 0 Å². The van der Waals surface area contributed by atoms with Crippen molar-refractivity contribution >= 4 is 92.5 Å². The first-order chi connectivity index (χ1) is 23.7. The molecule has 0 radical (unpaired) electrons. The molecule has 1 nitrogen and oxygen atoms in total. The van der Waals surface area contributed by atoms with Crippen LogP contribution >= 0.6 is 23.5 Å². The second kappa shape index (κ2) is 10.9. The SMILES string of the molecule is Cc1ccc2c(c1)Sc1cc(N3c4ccccc4[Si](c4ccccc4)(c4ccccc4)c4ccccc43)cc3c1B2c1ccccc1S3. The smallest absolute Gasteiger partial charge is 0.247 e. The molecule has 226 valence electrons. The first-order valence-electron chi connectivity index (χ1n) is 16.5. The summed E-state index contributed by atoms with van der Waals surface area (Å²) < 4.78 is 0. The van der Waals surface area contributed by atoms with Gasteiger partial charge in [-0.1, -0.05) is 167 Å². The number of nitrogens with zero attached hydrogens (tertiary/aromatic N) is 1. The Morgan fingerprint density at radius 3 is 1.65 bits per heavy atom. The van der Waals surface area contributed by atoms with E-state index < -0.39 is 8.07 Å². The maximum absolute atomic E-state index is 2.65. The zero-order chi connectivity index (χ0) is 31.8. The van der Waals surface area contributed by atoms with Crippen LogP contribution in [0, 0.1) is 6.92 Å². The minimum Gasteiger partial charge on any atom is -0.311 e. The van der Waals surface area contributed by atoms with Crippen molar-refractivity contribution in [3.8, 4) is 0 Å². The Morgan fingerprint density at radius 2 is 1.00 bits per heavy atom. The van der Waals surface area contributed by atoms with Gasteiger partial charge < -0.3 is 4.90 Å². The Labute approximate surface area is 291 Å². The quantitative estimate of drug-likeness (QED) is 0.196. The lowest BCUT2D eigenvalue weighted by Crippen LogP contribution is -2.77. The lowest BCUT2D eigenvalue weighted by Gasteiger charge is -2.45. The summed E-state index contributed by atoms with van der Waals surface area (Å²) in [6, 6.07) is 61.9. The van der Waals surface area contributed by atoms with Crippen LogP contribution in [-0.4, -0.2) is 14.8 Å². The molecule has 10 rings (SSSR count). The lowest BCUT2D eigenvalue weighted by atomic mass is 9.36. The van der Waals surface area contributed by atoms with Crippen LogP contribution in [0.5, 0.6) is 0 Å². The number of rotatable bonds is 3. The number of hydrogen-bond donors (Lipinski definition) is 0. The lowest BCUT2D eigenvalue weighted by molar-refractivity contribution is 1.23. The second-order valence-corrected chi connectivity index (χ2v) is 18.8. The van der Waals surface area contributed by atoms with Gasteiger partial charge in [0.25, 0.3) is 0 Å². The van der Waals surface area contributed by atoms with E-state index in [1.54, 1.807) is 0 Å². The van der Waals surface area contributed by atoms with Crippen LogP contribution < -0.4 is 42.0 Å². The fourth-order valence-corrected chi connectivity index (χ4v) is 16.0. The van der Waals surface area contributed by atoms with Crippen LogP contribution in [0.4, 0.5) is 17.1 Å². The molecule has 0 unspecified atom stereocenters. The molecule has 3 aliphatic heterocycles. The van der Waals surface area contributed by atoms with Gasteiger partial charge in [-0.05, 0) is 69.5 Å². The van der Waals surface area contributed by atoms with Crippen molar-refractivity contribution in [2.45, 2.75) is 26.5 Å². The maximum Gasteiger partial charge on any atom is 0.247 e. The first-order valence-corrected chi connectivity index (χ1v) is 20.2. The molecule has 0 aromatic heterocycles. The molecule has 3 heterocycles. The molecule has 0 atom stereocenters. The monoisotopic (exact) mass is 663 g/mol. The zero-order valence-electron chi connectivity index (χ0n) is 26.4. The van der Waals surface area contributed by atoms with Gasteiger partial charge in [0.15, 0.2) is 8.07 Å². The topological polar surface area (TPSA) is 3.24 Å². The molecule has 0 aliphatic carbocycles. The number of fused-ring (bicyclic) bond motifs is 6. The highest BCUT2D eigenvalue weighted by atomic mass is 32.2. The average molecular weight is 664 g/mol. The summed E-state index contributed by atoms with van der Waals surface area (Å²) in [6.45, 7) is 2.45. The standard InChI is InChI=1S/C43H30BNS2Si/c1-29-24-25-34-38(26-29)47-40-28-30(27-39-43(40)44(34)33-18-8-11-21-37(33)46-39)45-35-19-9-12-22-41(35)48(31-14-4-2-5-15-31,32-16-6-3-7-17-32)42-23-13-10-20-36(42)45/h2-28H,1H3. The van der Waals surface area contributed by atoms with Gasteiger partial charge in [-0.25, -0.2) is 0 Å². The molecule has 0 saturated carbocycles. The van der Waals surface area contributed by atoms with Crippen LogP contribution in [0.3, 0.4) is 0 Å². The van der Waals surface area contributed by atoms with Crippen molar-refractivity contribution in [3.05, 3.63) is 169 Å². The largest absolute Gasteiger partial charge is 0.311 e.